The summed E-state index contributed by atoms with van der Waals surface area (Å²) in [5, 5.41) is 20.5. The number of likely N-dealkylation sites (N-methyl/N-ethyl adjacent to an activating group) is 1. The van der Waals surface area contributed by atoms with Gasteiger partial charge in [-0.25, -0.2) is 0 Å². The first-order valence-corrected chi connectivity index (χ1v) is 5.63. The summed E-state index contributed by atoms with van der Waals surface area (Å²) in [6.45, 7) is 4.33. The van der Waals surface area contributed by atoms with Gasteiger partial charge in [-0.15, -0.1) is 0 Å². The van der Waals surface area contributed by atoms with Gasteiger partial charge in [-0.3, -0.25) is 15.0 Å². The molecule has 6 nitrogen and oxygen atoms in total. The monoisotopic (exact) mass is 253 g/mol. The number of aliphatic hydroxyl groups is 1. The number of anilines is 1. The second kappa shape index (κ2) is 5.32. The summed E-state index contributed by atoms with van der Waals surface area (Å²) in [7, 11) is 1.83. The van der Waals surface area contributed by atoms with Crippen LogP contribution >= 0.6 is 0 Å². The van der Waals surface area contributed by atoms with Crippen molar-refractivity contribution >= 4 is 11.4 Å². The molecule has 6 heteroatoms. The molecule has 0 atom stereocenters. The third-order valence-corrected chi connectivity index (χ3v) is 2.47. The molecule has 100 valence electrons. The number of hydrogen-bond acceptors (Lipinski definition) is 5. The van der Waals surface area contributed by atoms with Crippen molar-refractivity contribution in [2.24, 2.45) is 0 Å². The molecule has 0 heterocycles. The van der Waals surface area contributed by atoms with E-state index in [0.717, 1.165) is 0 Å². The number of nitro benzene ring substituents is 1. The predicted octanol–water partition coefficient (Wildman–Crippen LogP) is 1.38. The van der Waals surface area contributed by atoms with Crippen LogP contribution in [-0.4, -0.2) is 34.1 Å². The van der Waals surface area contributed by atoms with Crippen LogP contribution in [0.25, 0.3) is 0 Å². The van der Waals surface area contributed by atoms with Gasteiger partial charge in [0.2, 0.25) is 0 Å². The molecule has 0 saturated heterocycles. The SMILES string of the molecule is CN(Cc1cccc([N+](=O)[O-])c1N)CC(C)(C)O. The van der Waals surface area contributed by atoms with Crippen LogP contribution in [0, 0.1) is 10.1 Å². The molecule has 1 aromatic carbocycles. The quantitative estimate of drug-likeness (QED) is 0.470. The zero-order valence-electron chi connectivity index (χ0n) is 10.9. The Hall–Kier alpha value is -1.66. The van der Waals surface area contributed by atoms with Crippen molar-refractivity contribution in [1.29, 1.82) is 0 Å². The number of nitrogen functional groups attached to an aromatic ring is 1. The van der Waals surface area contributed by atoms with Crippen molar-refractivity contribution in [3.05, 3.63) is 33.9 Å². The molecule has 0 unspecified atom stereocenters. The molecule has 0 bridgehead atoms. The third kappa shape index (κ3) is 3.97. The van der Waals surface area contributed by atoms with E-state index in [2.05, 4.69) is 0 Å². The molecule has 0 aliphatic carbocycles. The molecule has 1 aromatic rings. The topological polar surface area (TPSA) is 92.6 Å². The van der Waals surface area contributed by atoms with Gasteiger partial charge in [0.25, 0.3) is 5.69 Å². The van der Waals surface area contributed by atoms with Crippen molar-refractivity contribution in [1.82, 2.24) is 4.90 Å². The van der Waals surface area contributed by atoms with Crippen LogP contribution in [-0.2, 0) is 6.54 Å². The normalized spacial score (nSPS) is 11.8. The first-order valence-electron chi connectivity index (χ1n) is 5.63. The number of hydrogen-bond donors (Lipinski definition) is 2. The zero-order valence-corrected chi connectivity index (χ0v) is 10.9. The second-order valence-electron chi connectivity index (χ2n) is 5.09. The Labute approximate surface area is 106 Å². The Kier molecular flexibility index (Phi) is 4.26. The molecule has 0 saturated carbocycles. The van der Waals surface area contributed by atoms with Crippen LogP contribution in [0.5, 0.6) is 0 Å². The molecule has 0 amide bonds. The van der Waals surface area contributed by atoms with Crippen molar-refractivity contribution < 1.29 is 10.0 Å². The van der Waals surface area contributed by atoms with Crippen LogP contribution in [0.3, 0.4) is 0 Å². The largest absolute Gasteiger partial charge is 0.393 e. The van der Waals surface area contributed by atoms with Crippen molar-refractivity contribution in [3.63, 3.8) is 0 Å². The smallest absolute Gasteiger partial charge is 0.292 e. The highest BCUT2D eigenvalue weighted by Crippen LogP contribution is 2.25. The second-order valence-corrected chi connectivity index (χ2v) is 5.09. The summed E-state index contributed by atoms with van der Waals surface area (Å²) < 4.78 is 0. The van der Waals surface area contributed by atoms with E-state index in [9.17, 15) is 15.2 Å². The number of nitrogens with two attached hydrogens (primary N) is 1. The highest BCUT2D eigenvalue weighted by molar-refractivity contribution is 5.62. The van der Waals surface area contributed by atoms with E-state index < -0.39 is 10.5 Å². The van der Waals surface area contributed by atoms with Gasteiger partial charge in [-0.2, -0.15) is 0 Å². The first kappa shape index (κ1) is 14.4. The fourth-order valence-corrected chi connectivity index (χ4v) is 1.90. The Morgan fingerprint density at radius 3 is 2.61 bits per heavy atom. The fourth-order valence-electron chi connectivity index (χ4n) is 1.90. The summed E-state index contributed by atoms with van der Waals surface area (Å²) in [5.74, 6) is 0. The molecule has 0 aliphatic heterocycles. The van der Waals surface area contributed by atoms with Gasteiger partial charge in [-0.05, 0) is 26.5 Å². The number of para-hydroxylation sites is 1. The minimum atomic E-state index is -0.815. The molecule has 3 N–H and O–H groups in total. The predicted molar refractivity (Wildman–Crippen MR) is 70.1 cm³/mol. The molecular formula is C12H19N3O3. The lowest BCUT2D eigenvalue weighted by molar-refractivity contribution is -0.384. The van der Waals surface area contributed by atoms with Gasteiger partial charge in [0.05, 0.1) is 10.5 Å². The van der Waals surface area contributed by atoms with E-state index in [1.54, 1.807) is 26.0 Å². The van der Waals surface area contributed by atoms with Gasteiger partial charge < -0.3 is 10.8 Å². The van der Waals surface area contributed by atoms with E-state index in [-0.39, 0.29) is 11.4 Å². The number of nitro groups is 1. The Bertz CT molecular complexity index is 441. The number of nitrogens with zero attached hydrogens (tertiary/aromatic N) is 2. The highest BCUT2D eigenvalue weighted by Gasteiger charge is 2.18. The minimum absolute atomic E-state index is 0.0795. The molecule has 1 rings (SSSR count). The maximum Gasteiger partial charge on any atom is 0.292 e. The molecule has 0 fully saturated rings. The molecule has 0 aliphatic rings. The standard InChI is InChI=1S/C12H19N3O3/c1-12(2,16)8-14(3)7-9-5-4-6-10(11(9)13)15(17)18/h4-6,16H,7-8,13H2,1-3H3. The van der Waals surface area contributed by atoms with Gasteiger partial charge in [0, 0.05) is 19.2 Å². The van der Waals surface area contributed by atoms with Crippen LogP contribution in [0.15, 0.2) is 18.2 Å². The average molecular weight is 253 g/mol. The summed E-state index contributed by atoms with van der Waals surface area (Å²) in [6, 6.07) is 4.75. The van der Waals surface area contributed by atoms with E-state index in [1.807, 2.05) is 11.9 Å². The number of benzene rings is 1. The minimum Gasteiger partial charge on any atom is -0.393 e. The van der Waals surface area contributed by atoms with Crippen LogP contribution in [0.4, 0.5) is 11.4 Å². The number of rotatable bonds is 5. The lowest BCUT2D eigenvalue weighted by atomic mass is 10.1. The molecule has 0 radical (unpaired) electrons. The van der Waals surface area contributed by atoms with Gasteiger partial charge in [0.1, 0.15) is 5.69 Å². The zero-order chi connectivity index (χ0) is 13.9. The highest BCUT2D eigenvalue weighted by atomic mass is 16.6. The third-order valence-electron chi connectivity index (χ3n) is 2.47. The fraction of sp³-hybridized carbons (Fsp3) is 0.500. The van der Waals surface area contributed by atoms with Crippen LogP contribution in [0.1, 0.15) is 19.4 Å². The van der Waals surface area contributed by atoms with E-state index >= 15 is 0 Å². The van der Waals surface area contributed by atoms with Crippen LogP contribution in [0.2, 0.25) is 0 Å². The van der Waals surface area contributed by atoms with Gasteiger partial charge in [-0.1, -0.05) is 12.1 Å². The summed E-state index contributed by atoms with van der Waals surface area (Å²) in [5.41, 5.74) is 5.75. The van der Waals surface area contributed by atoms with E-state index in [4.69, 9.17) is 5.73 Å². The van der Waals surface area contributed by atoms with Gasteiger partial charge in [0.15, 0.2) is 0 Å². The lowest BCUT2D eigenvalue weighted by Crippen LogP contribution is -2.35. The van der Waals surface area contributed by atoms with Gasteiger partial charge >= 0.3 is 0 Å². The molecule has 0 spiro atoms. The maximum atomic E-state index is 10.8. The summed E-state index contributed by atoms with van der Waals surface area (Å²) in [6.07, 6.45) is 0. The van der Waals surface area contributed by atoms with E-state index in [0.29, 0.717) is 18.7 Å². The molecule has 18 heavy (non-hydrogen) atoms. The molecule has 0 aromatic heterocycles. The van der Waals surface area contributed by atoms with Crippen molar-refractivity contribution in [3.8, 4) is 0 Å². The lowest BCUT2D eigenvalue weighted by Gasteiger charge is -2.25. The Balaban J connectivity index is 2.85. The van der Waals surface area contributed by atoms with E-state index in [1.165, 1.54) is 6.07 Å². The summed E-state index contributed by atoms with van der Waals surface area (Å²) >= 11 is 0. The maximum absolute atomic E-state index is 10.8. The Morgan fingerprint density at radius 1 is 1.50 bits per heavy atom. The first-order chi connectivity index (χ1) is 8.20. The van der Waals surface area contributed by atoms with Crippen molar-refractivity contribution in [2.45, 2.75) is 26.0 Å². The average Bonchev–Trinajstić information content (AvgIpc) is 2.17. The molecular weight excluding hydrogens is 234 g/mol. The summed E-state index contributed by atoms with van der Waals surface area (Å²) in [4.78, 5) is 12.1. The van der Waals surface area contributed by atoms with Crippen molar-refractivity contribution in [2.75, 3.05) is 19.3 Å². The Morgan fingerprint density at radius 2 is 2.11 bits per heavy atom. The van der Waals surface area contributed by atoms with Crippen LogP contribution < -0.4 is 5.73 Å².